The van der Waals surface area contributed by atoms with Crippen LogP contribution in [0.4, 0.5) is 16.0 Å². The number of aryl methyl sites for hydroxylation is 1. The van der Waals surface area contributed by atoms with Gasteiger partial charge in [0, 0.05) is 49.9 Å². The summed E-state index contributed by atoms with van der Waals surface area (Å²) in [6.45, 7) is 1.48. The highest BCUT2D eigenvalue weighted by Crippen LogP contribution is 2.33. The molecule has 14 heteroatoms. The van der Waals surface area contributed by atoms with Crippen LogP contribution in [0.3, 0.4) is 0 Å². The van der Waals surface area contributed by atoms with Crippen molar-refractivity contribution in [2.75, 3.05) is 43.1 Å². The van der Waals surface area contributed by atoms with Crippen molar-refractivity contribution in [1.29, 1.82) is 0 Å². The Morgan fingerprint density at radius 3 is 2.51 bits per heavy atom. The summed E-state index contributed by atoms with van der Waals surface area (Å²) in [5.74, 6) is -0.492. The average Bonchev–Trinajstić information content (AvgIpc) is 2.89. The molecule has 1 fully saturated rings. The quantitative estimate of drug-likeness (QED) is 0.342. The maximum Gasteiger partial charge on any atom is 0.259 e. The molecule has 0 saturated carbocycles. The van der Waals surface area contributed by atoms with Crippen molar-refractivity contribution < 1.29 is 17.5 Å². The van der Waals surface area contributed by atoms with Gasteiger partial charge in [-0.15, -0.1) is 0 Å². The largest absolute Gasteiger partial charge is 0.474 e. The number of sulfone groups is 1. The second-order valence-electron chi connectivity index (χ2n) is 8.97. The summed E-state index contributed by atoms with van der Waals surface area (Å²) in [6, 6.07) is 7.84. The van der Waals surface area contributed by atoms with E-state index in [9.17, 15) is 17.6 Å². The van der Waals surface area contributed by atoms with E-state index in [1.807, 2.05) is 4.90 Å². The smallest absolute Gasteiger partial charge is 0.259 e. The van der Waals surface area contributed by atoms with Gasteiger partial charge in [0.05, 0.1) is 39.0 Å². The predicted molar refractivity (Wildman–Crippen MR) is 148 cm³/mol. The van der Waals surface area contributed by atoms with Crippen LogP contribution in [0.5, 0.6) is 5.88 Å². The SMILES string of the molecule is Cn1c(=O)c(-c2c(Cl)cccc2Cl)cc2cnc(Nc3cnc(OCCN4CCS(=O)(=O)CC4)c(F)c3)nc21. The van der Waals surface area contributed by atoms with Crippen molar-refractivity contribution in [2.45, 2.75) is 0 Å². The normalized spacial score (nSPS) is 15.4. The molecule has 1 aliphatic heterocycles. The third kappa shape index (κ3) is 5.98. The Kier molecular flexibility index (Phi) is 7.72. The number of nitrogens with one attached hydrogen (secondary N) is 1. The number of rotatable bonds is 7. The molecule has 1 aliphatic rings. The Labute approximate surface area is 233 Å². The van der Waals surface area contributed by atoms with Gasteiger partial charge in [-0.3, -0.25) is 14.3 Å². The van der Waals surface area contributed by atoms with Gasteiger partial charge >= 0.3 is 0 Å². The van der Waals surface area contributed by atoms with Crippen molar-refractivity contribution in [1.82, 2.24) is 24.4 Å². The second kappa shape index (κ2) is 11.0. The lowest BCUT2D eigenvalue weighted by molar-refractivity contribution is 0.209. The van der Waals surface area contributed by atoms with Crippen LogP contribution in [-0.4, -0.2) is 70.6 Å². The standard InChI is InChI=1S/C25H23Cl2FN6O4S/c1-33-22-15(11-17(24(33)35)21-18(26)3-2-4-19(21)27)13-30-25(32-22)31-16-12-20(28)23(29-14-16)38-8-5-34-6-9-39(36,37)10-7-34/h2-4,11-14H,5-10H2,1H3,(H,30,31,32). The third-order valence-corrected chi connectivity index (χ3v) is 8.57. The number of pyridine rings is 2. The number of fused-ring (bicyclic) bond motifs is 1. The number of halogens is 3. The number of hydrogen-bond acceptors (Lipinski definition) is 9. The van der Waals surface area contributed by atoms with E-state index < -0.39 is 15.7 Å². The van der Waals surface area contributed by atoms with Gasteiger partial charge in [-0.1, -0.05) is 29.3 Å². The van der Waals surface area contributed by atoms with Crippen LogP contribution in [-0.2, 0) is 16.9 Å². The third-order valence-electron chi connectivity index (χ3n) is 6.33. The predicted octanol–water partition coefficient (Wildman–Crippen LogP) is 3.69. The van der Waals surface area contributed by atoms with Gasteiger partial charge in [0.15, 0.2) is 15.7 Å². The topological polar surface area (TPSA) is 119 Å². The van der Waals surface area contributed by atoms with Gasteiger partial charge in [0.2, 0.25) is 5.95 Å². The zero-order valence-electron chi connectivity index (χ0n) is 20.7. The number of ether oxygens (including phenoxy) is 1. The molecule has 0 spiro atoms. The summed E-state index contributed by atoms with van der Waals surface area (Å²) < 4.78 is 44.5. The van der Waals surface area contributed by atoms with Gasteiger partial charge < -0.3 is 10.1 Å². The number of hydrogen-bond donors (Lipinski definition) is 1. The minimum atomic E-state index is -2.96. The molecule has 5 rings (SSSR count). The molecule has 204 valence electrons. The first-order valence-electron chi connectivity index (χ1n) is 11.9. The first kappa shape index (κ1) is 27.3. The highest BCUT2D eigenvalue weighted by Gasteiger charge is 2.21. The lowest BCUT2D eigenvalue weighted by atomic mass is 10.1. The molecule has 0 radical (unpaired) electrons. The summed E-state index contributed by atoms with van der Waals surface area (Å²) in [7, 11) is -1.39. The second-order valence-corrected chi connectivity index (χ2v) is 12.1. The van der Waals surface area contributed by atoms with Crippen LogP contribution in [0.25, 0.3) is 22.2 Å². The van der Waals surface area contributed by atoms with E-state index in [4.69, 9.17) is 27.9 Å². The van der Waals surface area contributed by atoms with Gasteiger partial charge in [-0.05, 0) is 18.2 Å². The van der Waals surface area contributed by atoms with Crippen LogP contribution in [0.1, 0.15) is 0 Å². The Bertz CT molecular complexity index is 1700. The Balaban J connectivity index is 1.30. The number of nitrogens with zero attached hydrogens (tertiary/aromatic N) is 5. The summed E-state index contributed by atoms with van der Waals surface area (Å²) in [5.41, 5.74) is 1.03. The van der Waals surface area contributed by atoms with E-state index in [-0.39, 0.29) is 41.2 Å². The minimum Gasteiger partial charge on any atom is -0.474 e. The number of anilines is 2. The molecule has 0 amide bonds. The molecule has 0 unspecified atom stereocenters. The zero-order chi connectivity index (χ0) is 27.7. The summed E-state index contributed by atoms with van der Waals surface area (Å²) in [5, 5.41) is 4.16. The summed E-state index contributed by atoms with van der Waals surface area (Å²) in [4.78, 5) is 27.8. The fourth-order valence-corrected chi connectivity index (χ4v) is 6.09. The highest BCUT2D eigenvalue weighted by molar-refractivity contribution is 7.91. The maximum absolute atomic E-state index is 14.6. The van der Waals surface area contributed by atoms with E-state index in [1.165, 1.54) is 23.0 Å². The maximum atomic E-state index is 14.6. The van der Waals surface area contributed by atoms with E-state index >= 15 is 0 Å². The van der Waals surface area contributed by atoms with E-state index in [0.29, 0.717) is 51.8 Å². The van der Waals surface area contributed by atoms with Crippen molar-refractivity contribution in [3.05, 3.63) is 68.9 Å². The van der Waals surface area contributed by atoms with Gasteiger partial charge in [0.1, 0.15) is 12.3 Å². The Morgan fingerprint density at radius 1 is 1.10 bits per heavy atom. The minimum absolute atomic E-state index is 0.113. The van der Waals surface area contributed by atoms with E-state index in [0.717, 1.165) is 0 Å². The van der Waals surface area contributed by atoms with E-state index in [1.54, 1.807) is 31.3 Å². The molecule has 0 bridgehead atoms. The first-order valence-corrected chi connectivity index (χ1v) is 14.5. The summed E-state index contributed by atoms with van der Waals surface area (Å²) >= 11 is 12.6. The lowest BCUT2D eigenvalue weighted by Crippen LogP contribution is -2.42. The zero-order valence-corrected chi connectivity index (χ0v) is 23.0. The Hall–Kier alpha value is -3.32. The monoisotopic (exact) mass is 592 g/mol. The van der Waals surface area contributed by atoms with Crippen LogP contribution < -0.4 is 15.6 Å². The fourth-order valence-electron chi connectivity index (χ4n) is 4.22. The molecule has 1 aromatic carbocycles. The van der Waals surface area contributed by atoms with Gasteiger partial charge in [0.25, 0.3) is 11.4 Å². The van der Waals surface area contributed by atoms with E-state index in [2.05, 4.69) is 20.3 Å². The molecule has 1 saturated heterocycles. The van der Waals surface area contributed by atoms with Crippen molar-refractivity contribution in [3.8, 4) is 17.0 Å². The number of aromatic nitrogens is 4. The van der Waals surface area contributed by atoms with Crippen LogP contribution in [0.2, 0.25) is 10.0 Å². The van der Waals surface area contributed by atoms with Crippen LogP contribution >= 0.6 is 23.2 Å². The molecule has 4 aromatic rings. The molecule has 39 heavy (non-hydrogen) atoms. The molecule has 0 atom stereocenters. The molecule has 1 N–H and O–H groups in total. The molecule has 4 heterocycles. The highest BCUT2D eigenvalue weighted by atomic mass is 35.5. The Morgan fingerprint density at radius 2 is 1.82 bits per heavy atom. The van der Waals surface area contributed by atoms with Crippen molar-refractivity contribution in [2.24, 2.45) is 7.05 Å². The molecule has 10 nitrogen and oxygen atoms in total. The van der Waals surface area contributed by atoms with Gasteiger partial charge in [-0.2, -0.15) is 4.98 Å². The first-order chi connectivity index (χ1) is 18.6. The molecular formula is C25H23Cl2FN6O4S. The van der Waals surface area contributed by atoms with Crippen molar-refractivity contribution in [3.63, 3.8) is 0 Å². The molecular weight excluding hydrogens is 570 g/mol. The number of benzene rings is 1. The average molecular weight is 593 g/mol. The van der Waals surface area contributed by atoms with Crippen molar-refractivity contribution >= 4 is 55.7 Å². The fraction of sp³-hybridized carbons (Fsp3) is 0.280. The summed E-state index contributed by atoms with van der Waals surface area (Å²) in [6.07, 6.45) is 2.91. The lowest BCUT2D eigenvalue weighted by Gasteiger charge is -2.26. The van der Waals surface area contributed by atoms with Gasteiger partial charge in [-0.25, -0.2) is 22.8 Å². The van der Waals surface area contributed by atoms with Crippen LogP contribution in [0, 0.1) is 5.82 Å². The van der Waals surface area contributed by atoms with Crippen LogP contribution in [0.15, 0.2) is 47.5 Å². The molecule has 0 aliphatic carbocycles. The molecule has 3 aromatic heterocycles.